The molecule has 2 N–H and O–H groups in total. The van der Waals surface area contributed by atoms with E-state index in [-0.39, 0.29) is 17.8 Å². The van der Waals surface area contributed by atoms with Gasteiger partial charge in [-0.15, -0.1) is 0 Å². The number of fused-ring (bicyclic) bond motifs is 2. The van der Waals surface area contributed by atoms with Crippen molar-refractivity contribution in [3.8, 4) is 5.75 Å². The molecule has 0 aromatic heterocycles. The lowest BCUT2D eigenvalue weighted by molar-refractivity contribution is -0.0117. The maximum Gasteiger partial charge on any atom is 0.146 e. The van der Waals surface area contributed by atoms with Crippen LogP contribution < -0.4 is 4.74 Å². The Bertz CT molecular complexity index is 582. The molecule has 5 atom stereocenters. The van der Waals surface area contributed by atoms with Crippen LogP contribution in [0.4, 0.5) is 0 Å². The standard InChI is InChI=1S/C24H39BO3/c1-16(15-25-20-7-5-8-21(25)10-6-9-20)23(26)18(3)24(27)17(2)19-11-13-22(28-4)14-12-19/h11-14,16-18,20-21,23-24,26-27H,5-10,15H2,1-4H3/t16-,17-,18+,20?,21?,23-,24+/m0/s1. The molecular formula is C24H39BO3. The van der Waals surface area contributed by atoms with Gasteiger partial charge in [-0.05, 0) is 23.6 Å². The Morgan fingerprint density at radius 3 is 1.96 bits per heavy atom. The van der Waals surface area contributed by atoms with Crippen LogP contribution in [0, 0.1) is 11.8 Å². The summed E-state index contributed by atoms with van der Waals surface area (Å²) >= 11 is 0. The van der Waals surface area contributed by atoms with E-state index >= 15 is 0 Å². The fourth-order valence-corrected chi connectivity index (χ4v) is 6.05. The van der Waals surface area contributed by atoms with Crippen LogP contribution in [0.5, 0.6) is 5.75 Å². The van der Waals surface area contributed by atoms with Gasteiger partial charge < -0.3 is 14.9 Å². The first-order chi connectivity index (χ1) is 13.4. The minimum Gasteiger partial charge on any atom is -0.497 e. The summed E-state index contributed by atoms with van der Waals surface area (Å²) in [4.78, 5) is 0. The second kappa shape index (κ2) is 9.67. The van der Waals surface area contributed by atoms with Crippen molar-refractivity contribution in [3.63, 3.8) is 0 Å². The van der Waals surface area contributed by atoms with Gasteiger partial charge >= 0.3 is 0 Å². The highest BCUT2D eigenvalue weighted by atomic mass is 16.5. The molecule has 2 saturated heterocycles. The van der Waals surface area contributed by atoms with Gasteiger partial charge in [0, 0.05) is 11.8 Å². The molecule has 0 spiro atoms. The number of rotatable bonds is 8. The van der Waals surface area contributed by atoms with Crippen LogP contribution in [0.3, 0.4) is 0 Å². The van der Waals surface area contributed by atoms with Crippen LogP contribution in [-0.2, 0) is 0 Å². The van der Waals surface area contributed by atoms with E-state index in [1.54, 1.807) is 7.11 Å². The van der Waals surface area contributed by atoms with E-state index in [9.17, 15) is 10.2 Å². The van der Waals surface area contributed by atoms with Crippen molar-refractivity contribution in [3.05, 3.63) is 29.8 Å². The summed E-state index contributed by atoms with van der Waals surface area (Å²) < 4.78 is 5.23. The van der Waals surface area contributed by atoms with Gasteiger partial charge in [0.25, 0.3) is 0 Å². The number of aliphatic hydroxyl groups excluding tert-OH is 2. The molecule has 0 unspecified atom stereocenters. The van der Waals surface area contributed by atoms with E-state index < -0.39 is 12.2 Å². The Morgan fingerprint density at radius 1 is 0.929 bits per heavy atom. The Morgan fingerprint density at radius 2 is 1.46 bits per heavy atom. The second-order valence-corrected chi connectivity index (χ2v) is 9.66. The van der Waals surface area contributed by atoms with Crippen molar-refractivity contribution < 1.29 is 14.9 Å². The van der Waals surface area contributed by atoms with Gasteiger partial charge in [0.15, 0.2) is 0 Å². The maximum absolute atomic E-state index is 11.0. The molecule has 2 aliphatic rings. The van der Waals surface area contributed by atoms with Crippen LogP contribution in [0.2, 0.25) is 18.0 Å². The topological polar surface area (TPSA) is 49.7 Å². The van der Waals surface area contributed by atoms with Crippen molar-refractivity contribution in [2.45, 2.75) is 95.4 Å². The highest BCUT2D eigenvalue weighted by Crippen LogP contribution is 2.49. The summed E-state index contributed by atoms with van der Waals surface area (Å²) in [6.07, 6.45) is 8.44. The summed E-state index contributed by atoms with van der Waals surface area (Å²) in [5.74, 6) is 2.65. The smallest absolute Gasteiger partial charge is 0.146 e. The summed E-state index contributed by atoms with van der Waals surface area (Å²) in [5, 5.41) is 22.0. The van der Waals surface area contributed by atoms with Gasteiger partial charge in [-0.2, -0.15) is 0 Å². The van der Waals surface area contributed by atoms with E-state index in [1.807, 2.05) is 38.1 Å². The van der Waals surface area contributed by atoms with Gasteiger partial charge in [0.2, 0.25) is 0 Å². The van der Waals surface area contributed by atoms with Crippen molar-refractivity contribution in [1.82, 2.24) is 0 Å². The minimum absolute atomic E-state index is 0.0168. The summed E-state index contributed by atoms with van der Waals surface area (Å²) in [7, 11) is 1.66. The normalized spacial score (nSPS) is 27.6. The van der Waals surface area contributed by atoms with Crippen LogP contribution in [0.1, 0.15) is 70.8 Å². The first-order valence-corrected chi connectivity index (χ1v) is 11.4. The molecule has 2 fully saturated rings. The average Bonchev–Trinajstić information content (AvgIpc) is 2.71. The highest BCUT2D eigenvalue weighted by Gasteiger charge is 2.41. The van der Waals surface area contributed by atoms with Crippen molar-refractivity contribution in [1.29, 1.82) is 0 Å². The van der Waals surface area contributed by atoms with E-state index in [0.29, 0.717) is 0 Å². The lowest BCUT2D eigenvalue weighted by Crippen LogP contribution is -2.41. The van der Waals surface area contributed by atoms with E-state index in [2.05, 4.69) is 6.92 Å². The Balaban J connectivity index is 1.59. The number of ether oxygens (including phenoxy) is 1. The molecule has 0 saturated carbocycles. The minimum atomic E-state index is -0.559. The molecular weight excluding hydrogens is 347 g/mol. The predicted molar refractivity (Wildman–Crippen MR) is 118 cm³/mol. The van der Waals surface area contributed by atoms with Crippen LogP contribution in [0.25, 0.3) is 0 Å². The molecule has 28 heavy (non-hydrogen) atoms. The van der Waals surface area contributed by atoms with E-state index in [1.165, 1.54) is 38.5 Å². The molecule has 3 rings (SSSR count). The van der Waals surface area contributed by atoms with Crippen LogP contribution in [-0.4, -0.2) is 36.2 Å². The van der Waals surface area contributed by atoms with Crippen molar-refractivity contribution in [2.24, 2.45) is 11.8 Å². The highest BCUT2D eigenvalue weighted by molar-refractivity contribution is 6.62. The Kier molecular flexibility index (Phi) is 7.50. The average molecular weight is 386 g/mol. The lowest BCUT2D eigenvalue weighted by Gasteiger charge is -2.42. The van der Waals surface area contributed by atoms with Gasteiger partial charge in [-0.3, -0.25) is 0 Å². The molecule has 2 bridgehead atoms. The third-order valence-corrected chi connectivity index (χ3v) is 7.97. The third-order valence-electron chi connectivity index (χ3n) is 7.97. The molecule has 0 aliphatic carbocycles. The number of benzene rings is 1. The van der Waals surface area contributed by atoms with E-state index in [0.717, 1.165) is 36.0 Å². The van der Waals surface area contributed by atoms with Crippen molar-refractivity contribution >= 4 is 6.71 Å². The van der Waals surface area contributed by atoms with Gasteiger partial charge in [-0.1, -0.05) is 89.4 Å². The molecule has 156 valence electrons. The molecule has 4 heteroatoms. The fraction of sp³-hybridized carbons (Fsp3) is 0.750. The van der Waals surface area contributed by atoms with Gasteiger partial charge in [-0.25, -0.2) is 0 Å². The van der Waals surface area contributed by atoms with Crippen molar-refractivity contribution in [2.75, 3.05) is 7.11 Å². The molecule has 1 aromatic rings. The van der Waals surface area contributed by atoms with E-state index in [4.69, 9.17) is 4.74 Å². The predicted octanol–water partition coefficient (Wildman–Crippen LogP) is 5.40. The molecule has 2 aliphatic heterocycles. The zero-order valence-corrected chi connectivity index (χ0v) is 18.2. The van der Waals surface area contributed by atoms with Gasteiger partial charge in [0.1, 0.15) is 12.5 Å². The summed E-state index contributed by atoms with van der Waals surface area (Å²) in [5.41, 5.74) is 1.09. The number of hydrogen-bond acceptors (Lipinski definition) is 3. The molecule has 1 aromatic carbocycles. The maximum atomic E-state index is 11.0. The zero-order valence-electron chi connectivity index (χ0n) is 18.2. The largest absolute Gasteiger partial charge is 0.497 e. The third kappa shape index (κ3) is 4.76. The zero-order chi connectivity index (χ0) is 20.3. The molecule has 0 amide bonds. The first kappa shape index (κ1) is 21.7. The summed E-state index contributed by atoms with van der Waals surface area (Å²) in [6, 6.07) is 7.89. The lowest BCUT2D eigenvalue weighted by atomic mass is 9.25. The first-order valence-electron chi connectivity index (χ1n) is 11.4. The van der Waals surface area contributed by atoms with Crippen LogP contribution in [0.15, 0.2) is 24.3 Å². The number of aliphatic hydroxyl groups is 2. The number of methoxy groups -OCH3 is 1. The molecule has 0 radical (unpaired) electrons. The second-order valence-electron chi connectivity index (χ2n) is 9.66. The van der Waals surface area contributed by atoms with Gasteiger partial charge in [0.05, 0.1) is 19.3 Å². The summed E-state index contributed by atoms with van der Waals surface area (Å²) in [6.45, 7) is 7.03. The number of hydrogen-bond donors (Lipinski definition) is 2. The fourth-order valence-electron chi connectivity index (χ4n) is 6.05. The van der Waals surface area contributed by atoms with Crippen LogP contribution >= 0.6 is 0 Å². The molecule has 3 nitrogen and oxygen atoms in total. The molecule has 2 heterocycles. The Labute approximate surface area is 172 Å². The SMILES string of the molecule is COc1ccc([C@H](C)[C@@H](O)[C@H](C)[C@@H](O)[C@@H](C)CB2C3CCCC2CCC3)cc1. The Hall–Kier alpha value is -0.995. The monoisotopic (exact) mass is 386 g/mol. The quantitative estimate of drug-likeness (QED) is 0.589.